The summed E-state index contributed by atoms with van der Waals surface area (Å²) in [5.41, 5.74) is 2.86. The maximum atomic E-state index is 13.2. The minimum atomic E-state index is -0.312. The number of esters is 1. The quantitative estimate of drug-likeness (QED) is 0.629. The first-order valence-electron chi connectivity index (χ1n) is 5.01. The number of halogens is 2. The molecule has 16 heavy (non-hydrogen) atoms. The van der Waals surface area contributed by atoms with Crippen molar-refractivity contribution in [1.82, 2.24) is 0 Å². The highest BCUT2D eigenvalue weighted by atomic mass is 79.9. The van der Waals surface area contributed by atoms with Gasteiger partial charge in [-0.2, -0.15) is 0 Å². The molecule has 0 radical (unpaired) electrons. The molecule has 0 aliphatic heterocycles. The van der Waals surface area contributed by atoms with Crippen molar-refractivity contribution in [3.63, 3.8) is 0 Å². The molecular weight excluding hydrogens is 275 g/mol. The maximum Gasteiger partial charge on any atom is 0.302 e. The lowest BCUT2D eigenvalue weighted by Crippen LogP contribution is -2.06. The topological polar surface area (TPSA) is 26.3 Å². The molecule has 0 amide bonds. The van der Waals surface area contributed by atoms with Crippen LogP contribution >= 0.6 is 15.9 Å². The third kappa shape index (κ3) is 3.59. The number of hydrogen-bond acceptors (Lipinski definition) is 2. The number of carbonyl (C=O) groups excluding carboxylic acids is 1. The number of carbonyl (C=O) groups is 1. The molecule has 0 spiro atoms. The summed E-state index contributed by atoms with van der Waals surface area (Å²) in [7, 11) is 0. The first kappa shape index (κ1) is 13.2. The monoisotopic (exact) mass is 288 g/mol. The number of alkyl halides is 1. The Labute approximate surface area is 103 Å². The maximum absolute atomic E-state index is 13.2. The van der Waals surface area contributed by atoms with Crippen LogP contribution in [0.25, 0.3) is 0 Å². The van der Waals surface area contributed by atoms with Gasteiger partial charge in [0.2, 0.25) is 0 Å². The van der Waals surface area contributed by atoms with Gasteiger partial charge >= 0.3 is 5.97 Å². The first-order chi connectivity index (χ1) is 7.54. The fraction of sp³-hybridized carbons (Fsp3) is 0.417. The highest BCUT2D eigenvalue weighted by Crippen LogP contribution is 2.20. The average Bonchev–Trinajstić information content (AvgIpc) is 2.16. The predicted molar refractivity (Wildman–Crippen MR) is 64.1 cm³/mol. The van der Waals surface area contributed by atoms with Crippen LogP contribution in [0, 0.1) is 12.7 Å². The lowest BCUT2D eigenvalue weighted by Gasteiger charge is -2.10. The number of ether oxygens (including phenoxy) is 1. The molecule has 0 atom stereocenters. The van der Waals surface area contributed by atoms with Crippen LogP contribution < -0.4 is 0 Å². The van der Waals surface area contributed by atoms with E-state index in [0.717, 1.165) is 16.7 Å². The van der Waals surface area contributed by atoms with E-state index < -0.39 is 0 Å². The second-order valence-corrected chi connectivity index (χ2v) is 4.14. The summed E-state index contributed by atoms with van der Waals surface area (Å²) in [5, 5.41) is 0.675. The summed E-state index contributed by atoms with van der Waals surface area (Å²) in [6.07, 6.45) is 0.541. The van der Waals surface area contributed by atoms with Crippen molar-refractivity contribution in [2.24, 2.45) is 0 Å². The molecule has 0 saturated carbocycles. The van der Waals surface area contributed by atoms with E-state index in [1.807, 2.05) is 6.92 Å². The van der Waals surface area contributed by atoms with Gasteiger partial charge in [0.15, 0.2) is 0 Å². The van der Waals surface area contributed by atoms with Gasteiger partial charge in [0, 0.05) is 18.7 Å². The Bertz CT molecular complexity index is 391. The van der Waals surface area contributed by atoms with Crippen molar-refractivity contribution in [2.75, 3.05) is 6.61 Å². The van der Waals surface area contributed by atoms with E-state index in [-0.39, 0.29) is 18.4 Å². The second-order valence-electron chi connectivity index (χ2n) is 3.58. The summed E-state index contributed by atoms with van der Waals surface area (Å²) >= 11 is 3.37. The molecule has 0 aromatic heterocycles. The standard InChI is InChI=1S/C12H14BrFO2/c1-8-5-11(14)6-10(12(8)7-13)3-4-16-9(2)15/h5-6H,3-4,7H2,1-2H3. The van der Waals surface area contributed by atoms with E-state index in [1.54, 1.807) is 0 Å². The molecule has 88 valence electrons. The molecular formula is C12H14BrFO2. The summed E-state index contributed by atoms with van der Waals surface area (Å²) in [6.45, 7) is 3.52. The van der Waals surface area contributed by atoms with E-state index in [4.69, 9.17) is 4.74 Å². The first-order valence-corrected chi connectivity index (χ1v) is 6.14. The van der Waals surface area contributed by atoms with Crippen molar-refractivity contribution in [2.45, 2.75) is 25.6 Å². The van der Waals surface area contributed by atoms with Crippen molar-refractivity contribution in [1.29, 1.82) is 0 Å². The van der Waals surface area contributed by atoms with E-state index >= 15 is 0 Å². The molecule has 0 aliphatic carbocycles. The molecule has 0 N–H and O–H groups in total. The molecule has 0 heterocycles. The lowest BCUT2D eigenvalue weighted by atomic mass is 10.0. The van der Waals surface area contributed by atoms with E-state index in [0.29, 0.717) is 11.8 Å². The molecule has 0 unspecified atom stereocenters. The van der Waals surface area contributed by atoms with E-state index in [1.165, 1.54) is 19.1 Å². The van der Waals surface area contributed by atoms with Gasteiger partial charge in [-0.05, 0) is 35.7 Å². The van der Waals surface area contributed by atoms with Crippen molar-refractivity contribution in [3.05, 3.63) is 34.6 Å². The third-order valence-corrected chi connectivity index (χ3v) is 2.90. The molecule has 0 saturated heterocycles. The summed E-state index contributed by atoms with van der Waals surface area (Å²) in [4.78, 5) is 10.6. The van der Waals surface area contributed by atoms with Crippen molar-refractivity contribution < 1.29 is 13.9 Å². The molecule has 1 rings (SSSR count). The van der Waals surface area contributed by atoms with Gasteiger partial charge < -0.3 is 4.74 Å². The van der Waals surface area contributed by atoms with E-state index in [2.05, 4.69) is 15.9 Å². The predicted octanol–water partition coefficient (Wildman–Crippen LogP) is 3.13. The number of rotatable bonds is 4. The van der Waals surface area contributed by atoms with Crippen LogP contribution in [-0.2, 0) is 21.3 Å². The highest BCUT2D eigenvalue weighted by Gasteiger charge is 2.07. The van der Waals surface area contributed by atoms with Crippen LogP contribution in [0.3, 0.4) is 0 Å². The molecule has 0 fully saturated rings. The van der Waals surface area contributed by atoms with Crippen LogP contribution in [-0.4, -0.2) is 12.6 Å². The highest BCUT2D eigenvalue weighted by molar-refractivity contribution is 9.08. The fourth-order valence-electron chi connectivity index (χ4n) is 1.56. The molecule has 0 aliphatic rings. The van der Waals surface area contributed by atoms with Gasteiger partial charge in [0.05, 0.1) is 6.61 Å². The minimum Gasteiger partial charge on any atom is -0.466 e. The Morgan fingerprint density at radius 2 is 2.19 bits per heavy atom. The molecule has 1 aromatic carbocycles. The second kappa shape index (κ2) is 5.99. The lowest BCUT2D eigenvalue weighted by molar-refractivity contribution is -0.140. The minimum absolute atomic E-state index is 0.250. The van der Waals surface area contributed by atoms with Gasteiger partial charge in [-0.15, -0.1) is 0 Å². The Hall–Kier alpha value is -0.900. The van der Waals surface area contributed by atoms with Crippen molar-refractivity contribution in [3.8, 4) is 0 Å². The summed E-state index contributed by atoms with van der Waals surface area (Å²) in [5.74, 6) is -0.562. The van der Waals surface area contributed by atoms with Crippen LogP contribution in [0.2, 0.25) is 0 Å². The van der Waals surface area contributed by atoms with Crippen LogP contribution in [0.4, 0.5) is 4.39 Å². The zero-order valence-electron chi connectivity index (χ0n) is 9.35. The van der Waals surface area contributed by atoms with Crippen LogP contribution in [0.15, 0.2) is 12.1 Å². The average molecular weight is 289 g/mol. The Morgan fingerprint density at radius 1 is 1.50 bits per heavy atom. The molecule has 1 aromatic rings. The Morgan fingerprint density at radius 3 is 2.75 bits per heavy atom. The van der Waals surface area contributed by atoms with Gasteiger partial charge in [0.25, 0.3) is 0 Å². The fourth-order valence-corrected chi connectivity index (χ4v) is 2.36. The Balaban J connectivity index is 2.81. The smallest absolute Gasteiger partial charge is 0.302 e. The number of aryl methyl sites for hydroxylation is 1. The van der Waals surface area contributed by atoms with Gasteiger partial charge in [-0.3, -0.25) is 4.79 Å². The number of hydrogen-bond donors (Lipinski definition) is 0. The zero-order valence-corrected chi connectivity index (χ0v) is 10.9. The normalized spacial score (nSPS) is 10.2. The summed E-state index contributed by atoms with van der Waals surface area (Å²) in [6, 6.07) is 3.00. The van der Waals surface area contributed by atoms with E-state index in [9.17, 15) is 9.18 Å². The largest absolute Gasteiger partial charge is 0.466 e. The van der Waals surface area contributed by atoms with Gasteiger partial charge in [-0.1, -0.05) is 15.9 Å². The molecule has 4 heteroatoms. The zero-order chi connectivity index (χ0) is 12.1. The van der Waals surface area contributed by atoms with Crippen molar-refractivity contribution >= 4 is 21.9 Å². The Kier molecular flexibility index (Phi) is 4.93. The number of benzene rings is 1. The molecule has 0 bridgehead atoms. The van der Waals surface area contributed by atoms with Gasteiger partial charge in [0.1, 0.15) is 5.82 Å². The third-order valence-electron chi connectivity index (χ3n) is 2.34. The van der Waals surface area contributed by atoms with Gasteiger partial charge in [-0.25, -0.2) is 4.39 Å². The van der Waals surface area contributed by atoms with Crippen LogP contribution in [0.1, 0.15) is 23.6 Å². The van der Waals surface area contributed by atoms with Crippen LogP contribution in [0.5, 0.6) is 0 Å². The molecule has 2 nitrogen and oxygen atoms in total. The SMILES string of the molecule is CC(=O)OCCc1cc(F)cc(C)c1CBr. The summed E-state index contributed by atoms with van der Waals surface area (Å²) < 4.78 is 18.1.